The van der Waals surface area contributed by atoms with Gasteiger partial charge in [0.2, 0.25) is 0 Å². The summed E-state index contributed by atoms with van der Waals surface area (Å²) in [5.41, 5.74) is 2.40. The van der Waals surface area contributed by atoms with Crippen molar-refractivity contribution in [2.24, 2.45) is 23.2 Å². The zero-order chi connectivity index (χ0) is 17.0. The Morgan fingerprint density at radius 2 is 1.84 bits per heavy atom. The average molecular weight is 343 g/mol. The number of rotatable bonds is 3. The maximum atomic E-state index is 2.98. The summed E-state index contributed by atoms with van der Waals surface area (Å²) >= 11 is 0. The quantitative estimate of drug-likeness (QED) is 0.686. The Morgan fingerprint density at radius 3 is 2.60 bits per heavy atom. The van der Waals surface area contributed by atoms with Crippen LogP contribution in [0.1, 0.15) is 71.6 Å². The van der Waals surface area contributed by atoms with E-state index in [2.05, 4.69) is 29.7 Å². The molecule has 0 unspecified atom stereocenters. The lowest BCUT2D eigenvalue weighted by Gasteiger charge is -2.58. The van der Waals surface area contributed by atoms with Crippen LogP contribution in [0.3, 0.4) is 0 Å². The third-order valence-electron chi connectivity index (χ3n) is 9.01. The van der Waals surface area contributed by atoms with Gasteiger partial charge in [-0.05, 0) is 68.2 Å². The average Bonchev–Trinajstić information content (AvgIpc) is 3.11. The fraction of sp³-hybridized carbons (Fsp3) is 0.913. The van der Waals surface area contributed by atoms with Gasteiger partial charge >= 0.3 is 0 Å². The van der Waals surface area contributed by atoms with E-state index in [1.54, 1.807) is 0 Å². The van der Waals surface area contributed by atoms with Gasteiger partial charge in [0.1, 0.15) is 0 Å². The molecular weight excluding hydrogens is 304 g/mol. The van der Waals surface area contributed by atoms with Crippen LogP contribution in [-0.4, -0.2) is 48.1 Å². The van der Waals surface area contributed by atoms with Crippen LogP contribution in [0.2, 0.25) is 0 Å². The van der Waals surface area contributed by atoms with E-state index in [9.17, 15) is 0 Å². The van der Waals surface area contributed by atoms with E-state index in [1.807, 2.05) is 5.57 Å². The Labute approximate surface area is 155 Å². The standard InChI is InChI=1S/C23H38N2/c1-23(2)19-11-10-18(20(23)15-19)16-25-14-13-24-12-6-9-21(24)22(25)17-7-4-3-5-8-17/h10,17,19-22H,3-9,11-16H2,1-2H3/t19-,20+,21+,22-/m0/s1. The van der Waals surface area contributed by atoms with E-state index >= 15 is 0 Å². The van der Waals surface area contributed by atoms with E-state index < -0.39 is 0 Å². The molecule has 4 atom stereocenters. The van der Waals surface area contributed by atoms with E-state index in [1.165, 1.54) is 84.0 Å². The second kappa shape index (κ2) is 6.37. The Balaban J connectivity index is 1.36. The maximum absolute atomic E-state index is 2.98. The normalized spacial score (nSPS) is 41.9. The SMILES string of the molecule is CC1(C)[C@H]2CC=C(CN3CCN4CCC[C@@H]4[C@@H]3C3CCCCC3)[C@H]1C2. The second-order valence-corrected chi connectivity index (χ2v) is 10.4. The molecule has 4 fully saturated rings. The summed E-state index contributed by atoms with van der Waals surface area (Å²) in [5.74, 6) is 2.84. The predicted molar refractivity (Wildman–Crippen MR) is 105 cm³/mol. The Bertz CT molecular complexity index is 530. The minimum Gasteiger partial charge on any atom is -0.298 e. The highest BCUT2D eigenvalue weighted by atomic mass is 15.3. The van der Waals surface area contributed by atoms with Crippen LogP contribution in [0.15, 0.2) is 11.6 Å². The molecule has 0 aromatic heterocycles. The summed E-state index contributed by atoms with van der Waals surface area (Å²) < 4.78 is 0. The van der Waals surface area contributed by atoms with E-state index in [0.717, 1.165) is 29.8 Å². The van der Waals surface area contributed by atoms with Gasteiger partial charge in [-0.3, -0.25) is 9.80 Å². The van der Waals surface area contributed by atoms with Crippen molar-refractivity contribution in [2.75, 3.05) is 26.2 Å². The van der Waals surface area contributed by atoms with Crippen molar-refractivity contribution in [2.45, 2.75) is 83.7 Å². The van der Waals surface area contributed by atoms with Crippen LogP contribution >= 0.6 is 0 Å². The molecule has 0 spiro atoms. The van der Waals surface area contributed by atoms with Crippen molar-refractivity contribution >= 4 is 0 Å². The molecule has 0 aromatic carbocycles. The molecule has 0 amide bonds. The molecular formula is C23H38N2. The monoisotopic (exact) mass is 342 g/mol. The minimum atomic E-state index is 0.583. The highest BCUT2D eigenvalue weighted by Crippen LogP contribution is 2.59. The summed E-state index contributed by atoms with van der Waals surface area (Å²) in [6.45, 7) is 10.4. The van der Waals surface area contributed by atoms with Gasteiger partial charge in [0.05, 0.1) is 0 Å². The minimum absolute atomic E-state index is 0.583. The smallest absolute Gasteiger partial charge is 0.0283 e. The largest absolute Gasteiger partial charge is 0.298 e. The lowest BCUT2D eigenvalue weighted by molar-refractivity contribution is -0.0268. The molecule has 2 nitrogen and oxygen atoms in total. The number of fused-ring (bicyclic) bond motifs is 2. The zero-order valence-electron chi connectivity index (χ0n) is 16.6. The van der Waals surface area contributed by atoms with E-state index in [4.69, 9.17) is 0 Å². The van der Waals surface area contributed by atoms with Crippen LogP contribution in [0, 0.1) is 23.2 Å². The van der Waals surface area contributed by atoms with Crippen molar-refractivity contribution in [3.63, 3.8) is 0 Å². The van der Waals surface area contributed by atoms with Gasteiger partial charge in [-0.1, -0.05) is 44.8 Å². The Hall–Kier alpha value is -0.340. The van der Waals surface area contributed by atoms with E-state index in [0.29, 0.717) is 5.41 Å². The van der Waals surface area contributed by atoms with Crippen molar-refractivity contribution in [3.8, 4) is 0 Å². The number of piperazine rings is 1. The third-order valence-corrected chi connectivity index (χ3v) is 9.01. The maximum Gasteiger partial charge on any atom is 0.0283 e. The van der Waals surface area contributed by atoms with Gasteiger partial charge in [-0.2, -0.15) is 0 Å². The van der Waals surface area contributed by atoms with Crippen LogP contribution in [0.25, 0.3) is 0 Å². The second-order valence-electron chi connectivity index (χ2n) is 10.4. The van der Waals surface area contributed by atoms with Crippen LogP contribution in [0.4, 0.5) is 0 Å². The van der Waals surface area contributed by atoms with Crippen LogP contribution in [-0.2, 0) is 0 Å². The van der Waals surface area contributed by atoms with Gasteiger partial charge in [-0.25, -0.2) is 0 Å². The van der Waals surface area contributed by atoms with Gasteiger partial charge in [0.25, 0.3) is 0 Å². The lowest BCUT2D eigenvalue weighted by atomic mass is 9.49. The van der Waals surface area contributed by atoms with Crippen molar-refractivity contribution < 1.29 is 0 Å². The lowest BCUT2D eigenvalue weighted by Crippen LogP contribution is -2.61. The van der Waals surface area contributed by atoms with Crippen LogP contribution in [0.5, 0.6) is 0 Å². The highest BCUT2D eigenvalue weighted by molar-refractivity contribution is 5.25. The van der Waals surface area contributed by atoms with Gasteiger partial charge in [-0.15, -0.1) is 0 Å². The molecule has 6 rings (SSSR count). The van der Waals surface area contributed by atoms with Crippen molar-refractivity contribution in [1.29, 1.82) is 0 Å². The molecule has 140 valence electrons. The summed E-state index contributed by atoms with van der Waals surface area (Å²) in [7, 11) is 0. The van der Waals surface area contributed by atoms with Crippen molar-refractivity contribution in [1.82, 2.24) is 9.80 Å². The molecule has 2 bridgehead atoms. The zero-order valence-corrected chi connectivity index (χ0v) is 16.6. The molecule has 25 heavy (non-hydrogen) atoms. The summed E-state index contributed by atoms with van der Waals surface area (Å²) in [5, 5.41) is 0. The first kappa shape index (κ1) is 16.8. The third kappa shape index (κ3) is 2.74. The number of hydrogen-bond acceptors (Lipinski definition) is 2. The molecule has 0 N–H and O–H groups in total. The Morgan fingerprint density at radius 1 is 1.00 bits per heavy atom. The highest BCUT2D eigenvalue weighted by Gasteiger charge is 2.52. The molecule has 0 aromatic rings. The molecule has 6 aliphatic rings. The molecule has 2 heteroatoms. The molecule has 0 radical (unpaired) electrons. The first-order chi connectivity index (χ1) is 12.1. The predicted octanol–water partition coefficient (Wildman–Crippen LogP) is 4.71. The first-order valence-electron chi connectivity index (χ1n) is 11.3. The topological polar surface area (TPSA) is 6.48 Å². The molecule has 4 aliphatic carbocycles. The Kier molecular flexibility index (Phi) is 4.28. The molecule has 2 aliphatic heterocycles. The summed E-state index contributed by atoms with van der Waals surface area (Å²) in [6, 6.07) is 1.74. The van der Waals surface area contributed by atoms with Gasteiger partial charge in [0.15, 0.2) is 0 Å². The van der Waals surface area contributed by atoms with Crippen LogP contribution < -0.4 is 0 Å². The number of nitrogens with zero attached hydrogens (tertiary/aromatic N) is 2. The number of allylic oxidation sites excluding steroid dienone is 1. The summed E-state index contributed by atoms with van der Waals surface area (Å²) in [4.78, 5) is 5.83. The fourth-order valence-corrected chi connectivity index (χ4v) is 7.33. The first-order valence-corrected chi connectivity index (χ1v) is 11.3. The fourth-order valence-electron chi connectivity index (χ4n) is 7.33. The number of hydrogen-bond donors (Lipinski definition) is 0. The van der Waals surface area contributed by atoms with Gasteiger partial charge < -0.3 is 0 Å². The molecule has 2 saturated carbocycles. The molecule has 2 saturated heterocycles. The molecule has 2 heterocycles. The van der Waals surface area contributed by atoms with Gasteiger partial charge in [0, 0.05) is 31.7 Å². The summed E-state index contributed by atoms with van der Waals surface area (Å²) in [6.07, 6.45) is 15.9. The van der Waals surface area contributed by atoms with E-state index in [-0.39, 0.29) is 0 Å². The van der Waals surface area contributed by atoms with Crippen molar-refractivity contribution in [3.05, 3.63) is 11.6 Å².